The van der Waals surface area contributed by atoms with Gasteiger partial charge in [0.2, 0.25) is 0 Å². The van der Waals surface area contributed by atoms with Crippen LogP contribution in [-0.2, 0) is 16.4 Å². The molecule has 1 aromatic heterocycles. The standard InChI is InChI=1S/C14H24N2O2S2/c1-3-12-6-5-11-16(12)20(17,18)14-8-7-13(19-14)9-10-15-4-2/h7-8,12,15H,3-6,9-11H2,1-2H3. The molecular weight excluding hydrogens is 292 g/mol. The maximum absolute atomic E-state index is 12.7. The van der Waals surface area contributed by atoms with Gasteiger partial charge in [-0.3, -0.25) is 0 Å². The summed E-state index contributed by atoms with van der Waals surface area (Å²) >= 11 is 1.42. The Balaban J connectivity index is 2.09. The Kier molecular flexibility index (Phi) is 5.60. The summed E-state index contributed by atoms with van der Waals surface area (Å²) in [5.41, 5.74) is 0. The molecule has 4 nitrogen and oxygen atoms in total. The van der Waals surface area contributed by atoms with Crippen LogP contribution < -0.4 is 5.32 Å². The molecular formula is C14H24N2O2S2. The minimum absolute atomic E-state index is 0.187. The van der Waals surface area contributed by atoms with Crippen molar-refractivity contribution in [1.82, 2.24) is 9.62 Å². The minimum Gasteiger partial charge on any atom is -0.317 e. The van der Waals surface area contributed by atoms with E-state index in [2.05, 4.69) is 19.2 Å². The second kappa shape index (κ2) is 7.02. The largest absolute Gasteiger partial charge is 0.317 e. The van der Waals surface area contributed by atoms with E-state index in [0.29, 0.717) is 10.8 Å². The Morgan fingerprint density at radius 1 is 1.40 bits per heavy atom. The lowest BCUT2D eigenvalue weighted by Gasteiger charge is -2.21. The molecule has 1 aliphatic rings. The summed E-state index contributed by atoms with van der Waals surface area (Å²) in [5, 5.41) is 3.26. The highest BCUT2D eigenvalue weighted by Crippen LogP contribution is 2.31. The highest BCUT2D eigenvalue weighted by molar-refractivity contribution is 7.91. The van der Waals surface area contributed by atoms with Crippen LogP contribution >= 0.6 is 11.3 Å². The Hall–Kier alpha value is -0.430. The smallest absolute Gasteiger partial charge is 0.252 e. The molecule has 1 aromatic rings. The molecule has 0 aliphatic carbocycles. The molecule has 1 unspecified atom stereocenters. The van der Waals surface area contributed by atoms with Gasteiger partial charge in [0.1, 0.15) is 4.21 Å². The number of hydrogen-bond acceptors (Lipinski definition) is 4. The van der Waals surface area contributed by atoms with Crippen molar-refractivity contribution in [3.63, 3.8) is 0 Å². The molecule has 0 aromatic carbocycles. The quantitative estimate of drug-likeness (QED) is 0.786. The normalized spacial score (nSPS) is 20.6. The summed E-state index contributed by atoms with van der Waals surface area (Å²) < 4.78 is 27.5. The lowest BCUT2D eigenvalue weighted by molar-refractivity contribution is 0.380. The number of sulfonamides is 1. The number of nitrogens with one attached hydrogen (secondary N) is 1. The van der Waals surface area contributed by atoms with Gasteiger partial charge in [0, 0.05) is 17.5 Å². The molecule has 20 heavy (non-hydrogen) atoms. The summed E-state index contributed by atoms with van der Waals surface area (Å²) in [6.07, 6.45) is 3.77. The zero-order valence-corrected chi connectivity index (χ0v) is 13.9. The number of hydrogen-bond donors (Lipinski definition) is 1. The molecule has 114 valence electrons. The van der Waals surface area contributed by atoms with Gasteiger partial charge < -0.3 is 5.32 Å². The average molecular weight is 316 g/mol. The molecule has 2 rings (SSSR count). The summed E-state index contributed by atoms with van der Waals surface area (Å²) in [7, 11) is -3.28. The Morgan fingerprint density at radius 3 is 2.90 bits per heavy atom. The lowest BCUT2D eigenvalue weighted by Crippen LogP contribution is -2.34. The van der Waals surface area contributed by atoms with Crippen LogP contribution in [0.25, 0.3) is 0 Å². The van der Waals surface area contributed by atoms with E-state index in [0.717, 1.165) is 43.6 Å². The first kappa shape index (κ1) is 15.9. The van der Waals surface area contributed by atoms with Crippen molar-refractivity contribution >= 4 is 21.4 Å². The Labute approximate surface area is 126 Å². The van der Waals surface area contributed by atoms with Gasteiger partial charge >= 0.3 is 0 Å². The first-order chi connectivity index (χ1) is 9.59. The van der Waals surface area contributed by atoms with E-state index in [4.69, 9.17) is 0 Å². The van der Waals surface area contributed by atoms with Crippen molar-refractivity contribution in [2.75, 3.05) is 19.6 Å². The van der Waals surface area contributed by atoms with Crippen molar-refractivity contribution in [2.45, 2.75) is 49.8 Å². The number of rotatable bonds is 7. The van der Waals surface area contributed by atoms with Gasteiger partial charge in [0.25, 0.3) is 10.0 Å². The second-order valence-corrected chi connectivity index (χ2v) is 8.43. The Bertz CT molecular complexity index is 525. The van der Waals surface area contributed by atoms with Crippen molar-refractivity contribution in [1.29, 1.82) is 0 Å². The van der Waals surface area contributed by atoms with Gasteiger partial charge in [0.05, 0.1) is 0 Å². The molecule has 0 saturated carbocycles. The SMILES string of the molecule is CCNCCc1ccc(S(=O)(=O)N2CCCC2CC)s1. The third kappa shape index (κ3) is 3.42. The van der Waals surface area contributed by atoms with Gasteiger partial charge in [0.15, 0.2) is 0 Å². The molecule has 1 fully saturated rings. The van der Waals surface area contributed by atoms with E-state index in [9.17, 15) is 8.42 Å². The van der Waals surface area contributed by atoms with Crippen LogP contribution in [0.4, 0.5) is 0 Å². The number of nitrogens with zero attached hydrogens (tertiary/aromatic N) is 1. The van der Waals surface area contributed by atoms with Crippen LogP contribution in [0.5, 0.6) is 0 Å². The fourth-order valence-electron chi connectivity index (χ4n) is 2.67. The summed E-state index contributed by atoms with van der Waals surface area (Å²) in [4.78, 5) is 1.14. The molecule has 1 atom stereocenters. The summed E-state index contributed by atoms with van der Waals surface area (Å²) in [6.45, 7) is 6.66. The first-order valence-electron chi connectivity index (χ1n) is 7.40. The predicted octanol–water partition coefficient (Wildman–Crippen LogP) is 2.46. The maximum atomic E-state index is 12.7. The summed E-state index contributed by atoms with van der Waals surface area (Å²) in [5.74, 6) is 0. The zero-order valence-electron chi connectivity index (χ0n) is 12.3. The lowest BCUT2D eigenvalue weighted by atomic mass is 10.2. The van der Waals surface area contributed by atoms with Crippen LogP contribution in [0.1, 0.15) is 38.0 Å². The highest BCUT2D eigenvalue weighted by atomic mass is 32.2. The van der Waals surface area contributed by atoms with Crippen LogP contribution in [0.3, 0.4) is 0 Å². The van der Waals surface area contributed by atoms with E-state index in [1.807, 2.05) is 6.07 Å². The van der Waals surface area contributed by atoms with Crippen molar-refractivity contribution in [3.8, 4) is 0 Å². The molecule has 1 saturated heterocycles. The molecule has 1 N–H and O–H groups in total. The zero-order chi connectivity index (χ0) is 14.6. The number of likely N-dealkylation sites (N-methyl/N-ethyl adjacent to an activating group) is 1. The predicted molar refractivity (Wildman–Crippen MR) is 83.8 cm³/mol. The third-order valence-corrected chi connectivity index (χ3v) is 7.36. The van der Waals surface area contributed by atoms with Gasteiger partial charge in [-0.2, -0.15) is 4.31 Å². The highest BCUT2D eigenvalue weighted by Gasteiger charge is 2.34. The van der Waals surface area contributed by atoms with Gasteiger partial charge in [-0.1, -0.05) is 13.8 Å². The van der Waals surface area contributed by atoms with Gasteiger partial charge in [-0.15, -0.1) is 11.3 Å². The topological polar surface area (TPSA) is 49.4 Å². The van der Waals surface area contributed by atoms with E-state index in [1.54, 1.807) is 10.4 Å². The van der Waals surface area contributed by atoms with Crippen LogP contribution in [0, 0.1) is 0 Å². The Morgan fingerprint density at radius 2 is 2.20 bits per heavy atom. The van der Waals surface area contributed by atoms with Crippen molar-refractivity contribution in [3.05, 3.63) is 17.0 Å². The van der Waals surface area contributed by atoms with E-state index >= 15 is 0 Å². The van der Waals surface area contributed by atoms with E-state index in [1.165, 1.54) is 11.3 Å². The van der Waals surface area contributed by atoms with Crippen LogP contribution in [0.15, 0.2) is 16.3 Å². The maximum Gasteiger partial charge on any atom is 0.252 e. The average Bonchev–Trinajstić information content (AvgIpc) is 3.08. The van der Waals surface area contributed by atoms with Gasteiger partial charge in [-0.25, -0.2) is 8.42 Å². The third-order valence-electron chi connectivity index (χ3n) is 3.79. The molecule has 6 heteroatoms. The monoisotopic (exact) mass is 316 g/mol. The molecule has 0 amide bonds. The number of thiophene rings is 1. The van der Waals surface area contributed by atoms with E-state index in [-0.39, 0.29) is 6.04 Å². The van der Waals surface area contributed by atoms with Gasteiger partial charge in [-0.05, 0) is 50.9 Å². The molecule has 0 radical (unpaired) electrons. The fraction of sp³-hybridized carbons (Fsp3) is 0.714. The molecule has 0 bridgehead atoms. The first-order valence-corrected chi connectivity index (χ1v) is 9.66. The van der Waals surface area contributed by atoms with Crippen LogP contribution in [0.2, 0.25) is 0 Å². The minimum atomic E-state index is -3.28. The van der Waals surface area contributed by atoms with E-state index < -0.39 is 10.0 Å². The second-order valence-electron chi connectivity index (χ2n) is 5.14. The van der Waals surface area contributed by atoms with Crippen LogP contribution in [-0.4, -0.2) is 38.4 Å². The fourth-order valence-corrected chi connectivity index (χ4v) is 5.92. The van der Waals surface area contributed by atoms with Crippen molar-refractivity contribution in [2.24, 2.45) is 0 Å². The molecule has 2 heterocycles. The van der Waals surface area contributed by atoms with Crippen molar-refractivity contribution < 1.29 is 8.42 Å². The molecule has 0 spiro atoms. The molecule has 1 aliphatic heterocycles. The summed E-state index contributed by atoms with van der Waals surface area (Å²) in [6, 6.07) is 3.91.